The molecule has 0 radical (unpaired) electrons. The van der Waals surface area contributed by atoms with Gasteiger partial charge in [-0.2, -0.15) is 0 Å². The van der Waals surface area contributed by atoms with E-state index in [2.05, 4.69) is 9.97 Å². The Hall–Kier alpha value is -1.36. The van der Waals surface area contributed by atoms with E-state index >= 15 is 0 Å². The normalized spacial score (nSPS) is 10.3. The van der Waals surface area contributed by atoms with Crippen LogP contribution in [-0.2, 0) is 11.3 Å². The van der Waals surface area contributed by atoms with Gasteiger partial charge in [0.2, 0.25) is 0 Å². The van der Waals surface area contributed by atoms with Crippen LogP contribution >= 0.6 is 23.2 Å². The highest BCUT2D eigenvalue weighted by Crippen LogP contribution is 2.10. The second kappa shape index (κ2) is 6.54. The third-order valence-corrected chi connectivity index (χ3v) is 2.50. The van der Waals surface area contributed by atoms with E-state index in [1.807, 2.05) is 24.3 Å². The molecule has 0 atom stereocenters. The van der Waals surface area contributed by atoms with Crippen molar-refractivity contribution in [3.63, 3.8) is 0 Å². The van der Waals surface area contributed by atoms with Crippen LogP contribution in [0.4, 0.5) is 0 Å². The Kier molecular flexibility index (Phi) is 4.75. The molecule has 0 N–H and O–H groups in total. The van der Waals surface area contributed by atoms with Gasteiger partial charge in [0, 0.05) is 5.02 Å². The lowest BCUT2D eigenvalue weighted by atomic mass is 10.2. The molecule has 4 nitrogen and oxygen atoms in total. The van der Waals surface area contributed by atoms with Crippen LogP contribution in [0.5, 0.6) is 6.01 Å². The number of hydrogen-bond donors (Lipinski definition) is 0. The first kappa shape index (κ1) is 13.1. The molecule has 1 heterocycles. The lowest BCUT2D eigenvalue weighted by molar-refractivity contribution is -0.000141. The Bertz CT molecular complexity index is 441. The second-order valence-corrected chi connectivity index (χ2v) is 4.29. The fraction of sp³-hybridized carbons (Fsp3) is 0.167. The smallest absolute Gasteiger partial charge is 0.318 e. The van der Waals surface area contributed by atoms with E-state index < -0.39 is 0 Å². The highest BCUT2D eigenvalue weighted by Gasteiger charge is 1.98. The monoisotopic (exact) mass is 284 g/mol. The fourth-order valence-electron chi connectivity index (χ4n) is 1.21. The minimum atomic E-state index is 0.0737. The third kappa shape index (κ3) is 4.14. The van der Waals surface area contributed by atoms with Crippen molar-refractivity contribution in [3.8, 4) is 6.01 Å². The third-order valence-electron chi connectivity index (χ3n) is 2.05. The van der Waals surface area contributed by atoms with Crippen LogP contribution in [-0.4, -0.2) is 16.8 Å². The molecule has 0 bridgehead atoms. The van der Waals surface area contributed by atoms with Crippen LogP contribution < -0.4 is 4.74 Å². The zero-order chi connectivity index (χ0) is 12.8. The van der Waals surface area contributed by atoms with Crippen molar-refractivity contribution < 1.29 is 9.47 Å². The zero-order valence-corrected chi connectivity index (χ0v) is 10.9. The summed E-state index contributed by atoms with van der Waals surface area (Å²) in [5.74, 6) is 0. The second-order valence-electron chi connectivity index (χ2n) is 3.42. The van der Waals surface area contributed by atoms with Crippen LogP contribution in [0, 0.1) is 0 Å². The van der Waals surface area contributed by atoms with Crippen molar-refractivity contribution in [2.45, 2.75) is 6.61 Å². The molecule has 0 aliphatic rings. The molecule has 0 saturated heterocycles. The number of ether oxygens (including phenoxy) is 2. The minimum absolute atomic E-state index is 0.0737. The molecule has 94 valence electrons. The number of hydrogen-bond acceptors (Lipinski definition) is 4. The van der Waals surface area contributed by atoms with Crippen molar-refractivity contribution in [2.75, 3.05) is 6.79 Å². The number of benzene rings is 1. The van der Waals surface area contributed by atoms with E-state index in [9.17, 15) is 0 Å². The number of nitrogens with zero attached hydrogens (tertiary/aromatic N) is 2. The topological polar surface area (TPSA) is 44.2 Å². The van der Waals surface area contributed by atoms with Crippen molar-refractivity contribution in [2.24, 2.45) is 0 Å². The average molecular weight is 285 g/mol. The summed E-state index contributed by atoms with van der Waals surface area (Å²) in [7, 11) is 0. The Morgan fingerprint density at radius 3 is 2.28 bits per heavy atom. The van der Waals surface area contributed by atoms with Gasteiger partial charge >= 0.3 is 6.01 Å². The Labute approximate surface area is 114 Å². The van der Waals surface area contributed by atoms with Gasteiger partial charge in [0.25, 0.3) is 0 Å². The summed E-state index contributed by atoms with van der Waals surface area (Å²) in [6.45, 7) is 0.509. The summed E-state index contributed by atoms with van der Waals surface area (Å²) < 4.78 is 10.5. The first-order valence-electron chi connectivity index (χ1n) is 5.16. The SMILES string of the molecule is Clc1ccc(COCOc2ncc(Cl)cn2)cc1. The molecule has 6 heteroatoms. The van der Waals surface area contributed by atoms with Gasteiger partial charge in [-0.3, -0.25) is 0 Å². The zero-order valence-electron chi connectivity index (χ0n) is 9.35. The molecule has 0 fully saturated rings. The molecule has 1 aromatic carbocycles. The summed E-state index contributed by atoms with van der Waals surface area (Å²) in [5.41, 5.74) is 1.01. The van der Waals surface area contributed by atoms with Gasteiger partial charge in [-0.15, -0.1) is 0 Å². The Balaban J connectivity index is 1.73. The first-order valence-corrected chi connectivity index (χ1v) is 5.92. The molecule has 2 aromatic rings. The van der Waals surface area contributed by atoms with Crippen molar-refractivity contribution >= 4 is 23.2 Å². The van der Waals surface area contributed by atoms with Gasteiger partial charge in [-0.05, 0) is 17.7 Å². The van der Waals surface area contributed by atoms with Crippen molar-refractivity contribution in [1.82, 2.24) is 9.97 Å². The molecule has 0 aliphatic carbocycles. The maximum Gasteiger partial charge on any atom is 0.318 e. The van der Waals surface area contributed by atoms with Crippen LogP contribution in [0.25, 0.3) is 0 Å². The van der Waals surface area contributed by atoms with Gasteiger partial charge in [0.1, 0.15) is 0 Å². The average Bonchev–Trinajstić information content (AvgIpc) is 2.39. The van der Waals surface area contributed by atoms with Gasteiger partial charge in [0.05, 0.1) is 24.0 Å². The lowest BCUT2D eigenvalue weighted by Crippen LogP contribution is -2.05. The van der Waals surface area contributed by atoms with E-state index in [-0.39, 0.29) is 12.8 Å². The van der Waals surface area contributed by atoms with E-state index in [0.29, 0.717) is 16.7 Å². The number of halogens is 2. The fourth-order valence-corrected chi connectivity index (χ4v) is 1.43. The summed E-state index contributed by atoms with van der Waals surface area (Å²) in [4.78, 5) is 7.74. The standard InChI is InChI=1S/C12H10Cl2N2O2/c13-10-3-1-9(2-4-10)7-17-8-18-12-15-5-11(14)6-16-12/h1-6H,7-8H2. The lowest BCUT2D eigenvalue weighted by Gasteiger charge is -2.05. The maximum atomic E-state index is 5.77. The van der Waals surface area contributed by atoms with Crippen LogP contribution in [0.2, 0.25) is 10.0 Å². The van der Waals surface area contributed by atoms with Crippen LogP contribution in [0.15, 0.2) is 36.7 Å². The summed E-state index contributed by atoms with van der Waals surface area (Å²) in [6, 6.07) is 7.63. The van der Waals surface area contributed by atoms with E-state index in [1.54, 1.807) is 0 Å². The summed E-state index contributed by atoms with van der Waals surface area (Å²) in [6.07, 6.45) is 2.92. The number of aromatic nitrogens is 2. The van der Waals surface area contributed by atoms with Crippen LogP contribution in [0.1, 0.15) is 5.56 Å². The largest absolute Gasteiger partial charge is 0.436 e. The minimum Gasteiger partial charge on any atom is -0.436 e. The Morgan fingerprint density at radius 1 is 0.944 bits per heavy atom. The molecular weight excluding hydrogens is 275 g/mol. The first-order chi connectivity index (χ1) is 8.74. The summed E-state index contributed by atoms with van der Waals surface area (Å²) >= 11 is 11.4. The maximum absolute atomic E-state index is 5.77. The molecule has 0 saturated carbocycles. The van der Waals surface area contributed by atoms with Crippen LogP contribution in [0.3, 0.4) is 0 Å². The highest BCUT2D eigenvalue weighted by atomic mass is 35.5. The molecule has 0 unspecified atom stereocenters. The molecule has 0 spiro atoms. The number of rotatable bonds is 5. The van der Waals surface area contributed by atoms with E-state index in [0.717, 1.165) is 5.56 Å². The predicted molar refractivity (Wildman–Crippen MR) is 68.8 cm³/mol. The molecule has 0 amide bonds. The highest BCUT2D eigenvalue weighted by molar-refractivity contribution is 6.30. The van der Waals surface area contributed by atoms with Gasteiger partial charge < -0.3 is 9.47 Å². The molecule has 18 heavy (non-hydrogen) atoms. The quantitative estimate of drug-likeness (QED) is 0.624. The summed E-state index contributed by atoms with van der Waals surface area (Å²) in [5, 5.41) is 1.16. The molecule has 1 aromatic heterocycles. The van der Waals surface area contributed by atoms with E-state index in [4.69, 9.17) is 32.7 Å². The van der Waals surface area contributed by atoms with Gasteiger partial charge in [0.15, 0.2) is 6.79 Å². The molecule has 0 aliphatic heterocycles. The predicted octanol–water partition coefficient (Wildman–Crippen LogP) is 3.34. The van der Waals surface area contributed by atoms with Crippen molar-refractivity contribution in [1.29, 1.82) is 0 Å². The van der Waals surface area contributed by atoms with E-state index in [1.165, 1.54) is 12.4 Å². The Morgan fingerprint density at radius 2 is 1.61 bits per heavy atom. The van der Waals surface area contributed by atoms with Crippen molar-refractivity contribution in [3.05, 3.63) is 52.3 Å². The molecular formula is C12H10Cl2N2O2. The van der Waals surface area contributed by atoms with Gasteiger partial charge in [-0.1, -0.05) is 35.3 Å². The van der Waals surface area contributed by atoms with Gasteiger partial charge in [-0.25, -0.2) is 9.97 Å². The molecule has 2 rings (SSSR count).